The summed E-state index contributed by atoms with van der Waals surface area (Å²) in [6, 6.07) is 5.30. The number of halogens is 3. The summed E-state index contributed by atoms with van der Waals surface area (Å²) in [6.07, 6.45) is -1.56. The van der Waals surface area contributed by atoms with Crippen LogP contribution in [-0.4, -0.2) is 88.6 Å². The third kappa shape index (κ3) is 7.30. The summed E-state index contributed by atoms with van der Waals surface area (Å²) < 4.78 is 60.5. The number of nitrogens with zero attached hydrogens (tertiary/aromatic N) is 4. The number of rotatable bonds is 7. The van der Waals surface area contributed by atoms with Crippen LogP contribution in [0, 0.1) is 24.7 Å². The van der Waals surface area contributed by atoms with Crippen LogP contribution in [0.4, 0.5) is 13.2 Å². The molecular weight excluding hydrogens is 726 g/mol. The van der Waals surface area contributed by atoms with Crippen molar-refractivity contribution in [3.63, 3.8) is 0 Å². The second-order valence-electron chi connectivity index (χ2n) is 14.6. The number of hydrogen-bond donors (Lipinski definition) is 0. The number of methoxy groups -OCH3 is 1. The number of alkyl halides is 3. The molecule has 3 heterocycles. The number of aryl methyl sites for hydroxylation is 1. The van der Waals surface area contributed by atoms with E-state index in [0.717, 1.165) is 11.3 Å². The first kappa shape index (κ1) is 39.2. The van der Waals surface area contributed by atoms with Crippen LogP contribution in [0.2, 0.25) is 0 Å². The Morgan fingerprint density at radius 1 is 1.07 bits per heavy atom. The highest BCUT2D eigenvalue weighted by Crippen LogP contribution is 2.53. The maximum absolute atomic E-state index is 14.6. The summed E-state index contributed by atoms with van der Waals surface area (Å²) in [5, 5.41) is 3.23. The van der Waals surface area contributed by atoms with Gasteiger partial charge in [0.15, 0.2) is 5.54 Å². The van der Waals surface area contributed by atoms with Gasteiger partial charge in [0.05, 0.1) is 36.8 Å². The third-order valence-electron chi connectivity index (χ3n) is 10.7. The molecule has 6 rings (SSSR count). The number of carbonyl (C=O) groups is 4. The summed E-state index contributed by atoms with van der Waals surface area (Å²) >= 11 is 1.43. The molecule has 0 N–H and O–H groups in total. The van der Waals surface area contributed by atoms with Gasteiger partial charge in [-0.05, 0) is 70.4 Å². The van der Waals surface area contributed by atoms with E-state index < -0.39 is 59.3 Å². The van der Waals surface area contributed by atoms with Crippen LogP contribution in [-0.2, 0) is 23.9 Å². The molecule has 54 heavy (non-hydrogen) atoms. The van der Waals surface area contributed by atoms with Crippen LogP contribution < -0.4 is 9.47 Å². The summed E-state index contributed by atoms with van der Waals surface area (Å²) in [7, 11) is 3.15. The van der Waals surface area contributed by atoms with E-state index in [1.165, 1.54) is 23.2 Å². The van der Waals surface area contributed by atoms with Crippen LogP contribution in [0.3, 0.4) is 0 Å². The number of aromatic nitrogens is 2. The molecule has 3 amide bonds. The Labute approximate surface area is 315 Å². The fourth-order valence-corrected chi connectivity index (χ4v) is 8.61. The lowest BCUT2D eigenvalue weighted by molar-refractivity contribution is -0.195. The molecule has 3 aromatic rings. The molecule has 2 saturated carbocycles. The molecule has 290 valence electrons. The van der Waals surface area contributed by atoms with Gasteiger partial charge in [0.2, 0.25) is 11.8 Å². The van der Waals surface area contributed by atoms with Gasteiger partial charge in [0.25, 0.3) is 0 Å². The molecular formula is C39H45F3N4O7S. The zero-order chi connectivity index (χ0) is 39.1. The highest BCUT2D eigenvalue weighted by atomic mass is 32.1. The number of carbonyl (C=O) groups excluding carboxylic acids is 4. The third-order valence-corrected chi connectivity index (χ3v) is 11.6. The van der Waals surface area contributed by atoms with Crippen molar-refractivity contribution in [2.75, 3.05) is 27.3 Å². The first-order valence-electron chi connectivity index (χ1n) is 18.3. The van der Waals surface area contributed by atoms with Gasteiger partial charge in [0.1, 0.15) is 28.3 Å². The quantitative estimate of drug-likeness (QED) is 0.184. The van der Waals surface area contributed by atoms with Gasteiger partial charge in [-0.25, -0.2) is 14.8 Å². The van der Waals surface area contributed by atoms with E-state index >= 15 is 0 Å². The van der Waals surface area contributed by atoms with E-state index in [1.54, 1.807) is 44.5 Å². The number of pyridine rings is 1. The van der Waals surface area contributed by atoms with Crippen LogP contribution in [0.5, 0.6) is 11.5 Å². The monoisotopic (exact) mass is 770 g/mol. The van der Waals surface area contributed by atoms with Crippen LogP contribution >= 0.6 is 11.3 Å². The van der Waals surface area contributed by atoms with Crippen LogP contribution in [0.1, 0.15) is 76.5 Å². The number of thiazole rings is 1. The number of benzene rings is 1. The first-order chi connectivity index (χ1) is 25.6. The van der Waals surface area contributed by atoms with Crippen molar-refractivity contribution in [1.82, 2.24) is 19.8 Å². The SMILES string of the molecule is CCOC(=O)[C@@]12C[C@H]1C=CCCCCN(C)C(=O)[C@@H]1C[C@H](Oc3cc(-c4nc(C(C)C)cs4)nc4c(C)c(OC)ccc34)C[C@H]1C(=O)N2C(=O)C(F)(F)F. The van der Waals surface area contributed by atoms with Gasteiger partial charge in [0, 0.05) is 41.9 Å². The smallest absolute Gasteiger partial charge is 0.471 e. The van der Waals surface area contributed by atoms with Crippen molar-refractivity contribution in [3.8, 4) is 22.2 Å². The number of allylic oxidation sites excluding steroid dienone is 1. The first-order valence-corrected chi connectivity index (χ1v) is 19.1. The number of ether oxygens (including phenoxy) is 3. The molecule has 5 atom stereocenters. The maximum atomic E-state index is 14.6. The highest BCUT2D eigenvalue weighted by molar-refractivity contribution is 7.13. The molecule has 0 bridgehead atoms. The number of fused-ring (bicyclic) bond motifs is 3. The summed E-state index contributed by atoms with van der Waals surface area (Å²) in [4.78, 5) is 66.7. The molecule has 1 aromatic carbocycles. The average Bonchev–Trinajstić information content (AvgIpc) is 3.42. The average molecular weight is 771 g/mol. The molecule has 2 aliphatic carbocycles. The summed E-state index contributed by atoms with van der Waals surface area (Å²) in [6.45, 7) is 7.63. The second-order valence-corrected chi connectivity index (χ2v) is 15.4. The van der Waals surface area contributed by atoms with Crippen LogP contribution in [0.15, 0.2) is 35.7 Å². The summed E-state index contributed by atoms with van der Waals surface area (Å²) in [5.41, 5.74) is 0.561. The van der Waals surface area contributed by atoms with Gasteiger partial charge >= 0.3 is 18.1 Å². The molecule has 15 heteroatoms. The largest absolute Gasteiger partial charge is 0.496 e. The Morgan fingerprint density at radius 3 is 2.44 bits per heavy atom. The van der Waals surface area contributed by atoms with E-state index in [9.17, 15) is 32.3 Å². The number of amides is 3. The topological polar surface area (TPSA) is 128 Å². The minimum Gasteiger partial charge on any atom is -0.496 e. The molecule has 0 spiro atoms. The fourth-order valence-electron chi connectivity index (χ4n) is 7.67. The molecule has 0 radical (unpaired) electrons. The number of esters is 1. The second kappa shape index (κ2) is 15.3. The highest BCUT2D eigenvalue weighted by Gasteiger charge is 2.70. The molecule has 1 aliphatic heterocycles. The van der Waals surface area contributed by atoms with Crippen molar-refractivity contribution in [2.24, 2.45) is 17.8 Å². The zero-order valence-electron chi connectivity index (χ0n) is 31.2. The fraction of sp³-hybridized carbons (Fsp3) is 0.538. The molecule has 11 nitrogen and oxygen atoms in total. The van der Waals surface area contributed by atoms with Gasteiger partial charge in [-0.15, -0.1) is 11.3 Å². The predicted molar refractivity (Wildman–Crippen MR) is 195 cm³/mol. The number of hydrogen-bond acceptors (Lipinski definition) is 10. The molecule has 2 fully saturated rings. The van der Waals surface area contributed by atoms with Gasteiger partial charge in [-0.1, -0.05) is 26.0 Å². The minimum atomic E-state index is -5.49. The van der Waals surface area contributed by atoms with Crippen molar-refractivity contribution in [2.45, 2.75) is 90.0 Å². The van der Waals surface area contributed by atoms with Crippen molar-refractivity contribution in [3.05, 3.63) is 47.0 Å². The van der Waals surface area contributed by atoms with Crippen molar-refractivity contribution < 1.29 is 46.6 Å². The standard InChI is InChI=1S/C39H45F3N4O7S/c1-7-52-37(50)38-19-23(38)12-10-8-9-11-15-45(5)34(47)26-16-24(17-27(26)35(48)46(38)36(49)39(40,41)42)53-31-18-28(33-44-29(20-54-33)21(2)3)43-32-22(4)30(51-6)14-13-25(31)32/h10,12-14,18,20-21,23-24,26-27H,7-9,11,15-17,19H2,1-6H3/t23-,24+,26-,27-,38-/m1/s1. The van der Waals surface area contributed by atoms with E-state index in [4.69, 9.17) is 24.2 Å². The molecule has 0 saturated heterocycles. The van der Waals surface area contributed by atoms with Gasteiger partial charge in [-0.2, -0.15) is 13.2 Å². The van der Waals surface area contributed by atoms with Crippen molar-refractivity contribution in [1.29, 1.82) is 0 Å². The van der Waals surface area contributed by atoms with E-state index in [0.29, 0.717) is 58.9 Å². The van der Waals surface area contributed by atoms with E-state index in [-0.39, 0.29) is 36.7 Å². The van der Waals surface area contributed by atoms with Gasteiger partial charge in [-0.3, -0.25) is 19.3 Å². The van der Waals surface area contributed by atoms with E-state index in [2.05, 4.69) is 0 Å². The minimum absolute atomic E-state index is 0.0214. The maximum Gasteiger partial charge on any atom is 0.471 e. The van der Waals surface area contributed by atoms with Crippen molar-refractivity contribution >= 4 is 45.9 Å². The number of imide groups is 1. The van der Waals surface area contributed by atoms with Gasteiger partial charge < -0.3 is 19.1 Å². The van der Waals surface area contributed by atoms with E-state index in [1.807, 2.05) is 26.2 Å². The Bertz CT molecular complexity index is 1980. The zero-order valence-corrected chi connectivity index (χ0v) is 32.0. The summed E-state index contributed by atoms with van der Waals surface area (Å²) in [5.74, 6) is -7.50. The normalized spacial score (nSPS) is 25.0. The lowest BCUT2D eigenvalue weighted by atomic mass is 9.91. The molecule has 3 aliphatic rings. The Morgan fingerprint density at radius 2 is 1.80 bits per heavy atom. The lowest BCUT2D eigenvalue weighted by Crippen LogP contribution is -2.58. The Kier molecular flexibility index (Phi) is 11.1. The Balaban J connectivity index is 1.44. The predicted octanol–water partition coefficient (Wildman–Crippen LogP) is 7.01. The van der Waals surface area contributed by atoms with Crippen LogP contribution in [0.25, 0.3) is 21.6 Å². The molecule has 0 unspecified atom stereocenters. The lowest BCUT2D eigenvalue weighted by Gasteiger charge is -2.34. The Hall–Kier alpha value is -4.53. The molecule has 2 aromatic heterocycles.